The van der Waals surface area contributed by atoms with Gasteiger partial charge in [-0.15, -0.1) is 0 Å². The molecule has 7 heteroatoms. The highest BCUT2D eigenvalue weighted by Gasteiger charge is 2.29. The maximum absolute atomic E-state index is 13.1. The Morgan fingerprint density at radius 2 is 1.78 bits per heavy atom. The maximum Gasteiger partial charge on any atom is 0.254 e. The van der Waals surface area contributed by atoms with E-state index in [1.54, 1.807) is 23.1 Å². The van der Waals surface area contributed by atoms with Crippen LogP contribution in [0.1, 0.15) is 48.5 Å². The quantitative estimate of drug-likeness (QED) is 0.787. The van der Waals surface area contributed by atoms with Crippen LogP contribution in [0.25, 0.3) is 0 Å². The van der Waals surface area contributed by atoms with Gasteiger partial charge in [-0.05, 0) is 56.2 Å². The molecule has 0 atom stereocenters. The number of carbonyl (C=O) groups excluding carboxylic acids is 1. The lowest BCUT2D eigenvalue weighted by Gasteiger charge is -2.34. The number of ether oxygens (including phenoxy) is 1. The summed E-state index contributed by atoms with van der Waals surface area (Å²) in [6, 6.07) is 5.11. The average Bonchev–Trinajstić information content (AvgIpc) is 2.68. The number of hydrogen-bond acceptors (Lipinski definition) is 4. The molecule has 1 aromatic carbocycles. The van der Waals surface area contributed by atoms with E-state index in [2.05, 4.69) is 6.92 Å². The molecule has 1 aromatic rings. The summed E-state index contributed by atoms with van der Waals surface area (Å²) in [7, 11) is -1.77. The summed E-state index contributed by atoms with van der Waals surface area (Å²) in [5.74, 6) is 0.625. The maximum atomic E-state index is 13.1. The van der Waals surface area contributed by atoms with Crippen molar-refractivity contribution in [3.05, 3.63) is 29.3 Å². The Bertz CT molecular complexity index is 779. The van der Waals surface area contributed by atoms with Crippen molar-refractivity contribution in [1.82, 2.24) is 9.21 Å². The zero-order valence-corrected chi connectivity index (χ0v) is 17.3. The fourth-order valence-corrected chi connectivity index (χ4v) is 5.35. The number of aryl methyl sites for hydroxylation is 1. The molecule has 0 radical (unpaired) electrons. The van der Waals surface area contributed by atoms with Crippen LogP contribution in [0.15, 0.2) is 23.1 Å². The standard InChI is InChI=1S/C20H30N2O4S/c1-15-4-7-17(8-5-15)21(3)20(23)19-14-18(9-6-16(19)2)27(24,25)22-10-12-26-13-11-22/h6,9,14-15,17H,4-5,7-8,10-13H2,1-3H3. The largest absolute Gasteiger partial charge is 0.379 e. The average molecular weight is 395 g/mol. The van der Waals surface area contributed by atoms with Gasteiger partial charge in [-0.25, -0.2) is 8.42 Å². The van der Waals surface area contributed by atoms with Crippen LogP contribution in [-0.4, -0.2) is 62.9 Å². The number of sulfonamides is 1. The van der Waals surface area contributed by atoms with Crippen LogP contribution in [-0.2, 0) is 14.8 Å². The van der Waals surface area contributed by atoms with Crippen LogP contribution in [0.5, 0.6) is 0 Å². The van der Waals surface area contributed by atoms with Crippen molar-refractivity contribution in [2.75, 3.05) is 33.4 Å². The molecular formula is C20H30N2O4S. The second kappa shape index (κ2) is 8.29. The molecule has 150 valence electrons. The molecule has 3 rings (SSSR count). The summed E-state index contributed by atoms with van der Waals surface area (Å²) >= 11 is 0. The van der Waals surface area contributed by atoms with Crippen molar-refractivity contribution in [2.45, 2.75) is 50.5 Å². The van der Waals surface area contributed by atoms with E-state index in [1.165, 1.54) is 4.31 Å². The molecule has 2 aliphatic rings. The van der Waals surface area contributed by atoms with Gasteiger partial charge in [0.2, 0.25) is 10.0 Å². The highest BCUT2D eigenvalue weighted by atomic mass is 32.2. The molecule has 1 aliphatic heterocycles. The fraction of sp³-hybridized carbons (Fsp3) is 0.650. The summed E-state index contributed by atoms with van der Waals surface area (Å²) in [6.07, 6.45) is 4.28. The summed E-state index contributed by atoms with van der Waals surface area (Å²) in [5.41, 5.74) is 1.28. The van der Waals surface area contributed by atoms with Gasteiger partial charge in [-0.3, -0.25) is 4.79 Å². The molecule has 1 amide bonds. The third-order valence-corrected chi connectivity index (χ3v) is 7.80. The number of benzene rings is 1. The molecule has 0 bridgehead atoms. The van der Waals surface area contributed by atoms with Crippen molar-refractivity contribution >= 4 is 15.9 Å². The first-order chi connectivity index (χ1) is 12.8. The van der Waals surface area contributed by atoms with Gasteiger partial charge in [0.1, 0.15) is 0 Å². The Hall–Kier alpha value is -1.44. The van der Waals surface area contributed by atoms with E-state index in [0.29, 0.717) is 37.8 Å². The van der Waals surface area contributed by atoms with Gasteiger partial charge in [0, 0.05) is 31.7 Å². The third-order valence-electron chi connectivity index (χ3n) is 5.90. The first-order valence-corrected chi connectivity index (χ1v) is 11.2. The van der Waals surface area contributed by atoms with Crippen molar-refractivity contribution in [1.29, 1.82) is 0 Å². The van der Waals surface area contributed by atoms with Crippen LogP contribution >= 0.6 is 0 Å². The number of amides is 1. The summed E-state index contributed by atoms with van der Waals surface area (Å²) in [5, 5.41) is 0. The molecule has 1 heterocycles. The van der Waals surface area contributed by atoms with Gasteiger partial charge in [-0.2, -0.15) is 4.31 Å². The third kappa shape index (κ3) is 4.36. The minimum absolute atomic E-state index is 0.0916. The minimum Gasteiger partial charge on any atom is -0.379 e. The highest BCUT2D eigenvalue weighted by Crippen LogP contribution is 2.28. The van der Waals surface area contributed by atoms with Crippen molar-refractivity contribution in [3.63, 3.8) is 0 Å². The normalized spacial score (nSPS) is 24.6. The Labute approximate surface area is 162 Å². The molecule has 0 aromatic heterocycles. The monoisotopic (exact) mass is 394 g/mol. The molecule has 1 aliphatic carbocycles. The van der Waals surface area contributed by atoms with Gasteiger partial charge in [0.05, 0.1) is 18.1 Å². The first-order valence-electron chi connectivity index (χ1n) is 9.76. The predicted octanol–water partition coefficient (Wildman–Crippen LogP) is 2.67. The Balaban J connectivity index is 1.83. The molecule has 0 spiro atoms. The van der Waals surface area contributed by atoms with Gasteiger partial charge in [-0.1, -0.05) is 13.0 Å². The van der Waals surface area contributed by atoms with Gasteiger partial charge < -0.3 is 9.64 Å². The molecule has 6 nitrogen and oxygen atoms in total. The first kappa shape index (κ1) is 20.3. The molecule has 1 saturated carbocycles. The van der Waals surface area contributed by atoms with Crippen LogP contribution in [0.4, 0.5) is 0 Å². The molecule has 0 N–H and O–H groups in total. The lowest BCUT2D eigenvalue weighted by atomic mass is 9.86. The topological polar surface area (TPSA) is 66.9 Å². The Morgan fingerprint density at radius 3 is 2.41 bits per heavy atom. The van der Waals surface area contributed by atoms with E-state index in [1.807, 2.05) is 14.0 Å². The number of morpholine rings is 1. The fourth-order valence-electron chi connectivity index (χ4n) is 3.91. The zero-order valence-electron chi connectivity index (χ0n) is 16.5. The van der Waals surface area contributed by atoms with E-state index < -0.39 is 10.0 Å². The summed E-state index contributed by atoms with van der Waals surface area (Å²) in [4.78, 5) is 15.1. The second-order valence-corrected chi connectivity index (χ2v) is 9.76. The lowest BCUT2D eigenvalue weighted by molar-refractivity contribution is 0.0678. The van der Waals surface area contributed by atoms with E-state index in [-0.39, 0.29) is 16.8 Å². The minimum atomic E-state index is -3.61. The van der Waals surface area contributed by atoms with E-state index in [0.717, 1.165) is 31.2 Å². The van der Waals surface area contributed by atoms with Crippen LogP contribution in [0.2, 0.25) is 0 Å². The number of rotatable bonds is 4. The molecular weight excluding hydrogens is 364 g/mol. The molecule has 27 heavy (non-hydrogen) atoms. The van der Waals surface area contributed by atoms with Crippen molar-refractivity contribution in [3.8, 4) is 0 Å². The molecule has 2 fully saturated rings. The van der Waals surface area contributed by atoms with E-state index in [9.17, 15) is 13.2 Å². The molecule has 1 saturated heterocycles. The van der Waals surface area contributed by atoms with Crippen LogP contribution in [0.3, 0.4) is 0 Å². The number of carbonyl (C=O) groups is 1. The summed E-state index contributed by atoms with van der Waals surface area (Å²) in [6.45, 7) is 5.61. The number of hydrogen-bond donors (Lipinski definition) is 0. The Morgan fingerprint density at radius 1 is 1.15 bits per heavy atom. The van der Waals surface area contributed by atoms with Crippen LogP contribution in [0, 0.1) is 12.8 Å². The molecule has 0 unspecified atom stereocenters. The van der Waals surface area contributed by atoms with E-state index >= 15 is 0 Å². The van der Waals surface area contributed by atoms with Crippen molar-refractivity contribution < 1.29 is 17.9 Å². The van der Waals surface area contributed by atoms with Crippen LogP contribution < -0.4 is 0 Å². The van der Waals surface area contributed by atoms with Gasteiger partial charge >= 0.3 is 0 Å². The van der Waals surface area contributed by atoms with Gasteiger partial charge in [0.15, 0.2) is 0 Å². The SMILES string of the molecule is Cc1ccc(S(=O)(=O)N2CCOCC2)cc1C(=O)N(C)C1CCC(C)CC1. The number of nitrogens with zero attached hydrogens (tertiary/aromatic N) is 2. The lowest BCUT2D eigenvalue weighted by Crippen LogP contribution is -2.41. The highest BCUT2D eigenvalue weighted by molar-refractivity contribution is 7.89. The van der Waals surface area contributed by atoms with Gasteiger partial charge in [0.25, 0.3) is 5.91 Å². The smallest absolute Gasteiger partial charge is 0.254 e. The Kier molecular flexibility index (Phi) is 6.23. The zero-order chi connectivity index (χ0) is 19.6. The predicted molar refractivity (Wildman–Crippen MR) is 104 cm³/mol. The second-order valence-electron chi connectivity index (χ2n) is 7.82. The summed E-state index contributed by atoms with van der Waals surface area (Å²) < 4.78 is 32.5. The van der Waals surface area contributed by atoms with E-state index in [4.69, 9.17) is 4.74 Å². The van der Waals surface area contributed by atoms with Crippen molar-refractivity contribution in [2.24, 2.45) is 5.92 Å².